The van der Waals surface area contributed by atoms with Crippen molar-refractivity contribution in [3.05, 3.63) is 80.7 Å². The van der Waals surface area contributed by atoms with E-state index in [1.54, 1.807) is 5.32 Å². The number of benzene rings is 2. The molecule has 2 heterocycles. The zero-order valence-electron chi connectivity index (χ0n) is 20.3. The van der Waals surface area contributed by atoms with Gasteiger partial charge in [-0.3, -0.25) is 9.36 Å². The fourth-order valence-corrected chi connectivity index (χ4v) is 3.88. The fourth-order valence-electron chi connectivity index (χ4n) is 3.58. The van der Waals surface area contributed by atoms with E-state index < -0.39 is 49.7 Å². The number of aliphatic hydroxyl groups excluding tert-OH is 1. The van der Waals surface area contributed by atoms with Crippen molar-refractivity contribution < 1.29 is 36.2 Å². The van der Waals surface area contributed by atoms with Gasteiger partial charge < -0.3 is 10.4 Å². The summed E-state index contributed by atoms with van der Waals surface area (Å²) in [4.78, 5) is 29.5. The van der Waals surface area contributed by atoms with Gasteiger partial charge in [0.05, 0.1) is 17.8 Å². The minimum Gasteiger partial charge on any atom is -0.382 e. The van der Waals surface area contributed by atoms with E-state index in [-0.39, 0.29) is 33.5 Å². The zero-order chi connectivity index (χ0) is 30.1. The predicted octanol–water partition coefficient (Wildman–Crippen LogP) is 3.86. The number of halogens is 8. The third-order valence-electron chi connectivity index (χ3n) is 5.49. The van der Waals surface area contributed by atoms with Crippen LogP contribution < -0.4 is 11.0 Å². The summed E-state index contributed by atoms with van der Waals surface area (Å²) in [7, 11) is 0. The number of carbonyl (C=O) groups is 1. The van der Waals surface area contributed by atoms with Crippen LogP contribution in [0, 0.1) is 0 Å². The second kappa shape index (κ2) is 11.5. The molecule has 2 N–H and O–H groups in total. The topological polar surface area (TPSA) is 120 Å². The maximum absolute atomic E-state index is 13.1. The van der Waals surface area contributed by atoms with Crippen molar-refractivity contribution in [3.63, 3.8) is 0 Å². The monoisotopic (exact) mass is 623 g/mol. The van der Waals surface area contributed by atoms with Crippen molar-refractivity contribution in [1.82, 2.24) is 34.4 Å². The number of carbonyl (C=O) groups excluding carboxylic acids is 1. The summed E-state index contributed by atoms with van der Waals surface area (Å²) >= 11 is 11.8. The average Bonchev–Trinajstić information content (AvgIpc) is 3.47. The van der Waals surface area contributed by atoms with Crippen LogP contribution in [0.25, 0.3) is 17.1 Å². The molecule has 0 saturated carbocycles. The Hall–Kier alpha value is -3.89. The lowest BCUT2D eigenvalue weighted by Gasteiger charge is -2.15. The number of hydrogen-bond acceptors (Lipinski definition) is 6. The normalized spacial score (nSPS) is 12.9. The lowest BCUT2D eigenvalue weighted by Crippen LogP contribution is -2.37. The summed E-state index contributed by atoms with van der Waals surface area (Å²) < 4.78 is 79.4. The van der Waals surface area contributed by atoms with E-state index in [1.165, 1.54) is 36.4 Å². The molecule has 0 aliphatic heterocycles. The van der Waals surface area contributed by atoms with Crippen LogP contribution in [-0.2, 0) is 13.1 Å². The minimum atomic E-state index is -5.01. The highest BCUT2D eigenvalue weighted by Gasteiger charge is 2.39. The largest absolute Gasteiger partial charge is 0.416 e. The minimum absolute atomic E-state index is 0.000790. The van der Waals surface area contributed by atoms with Crippen LogP contribution in [0.15, 0.2) is 53.6 Å². The van der Waals surface area contributed by atoms with E-state index in [0.717, 1.165) is 21.8 Å². The first-order valence-corrected chi connectivity index (χ1v) is 12.1. The molecule has 2 aromatic heterocycles. The number of amides is 1. The van der Waals surface area contributed by atoms with Gasteiger partial charge in [-0.25, -0.2) is 19.1 Å². The molecule has 1 atom stereocenters. The van der Waals surface area contributed by atoms with Crippen LogP contribution in [-0.4, -0.2) is 65.1 Å². The summed E-state index contributed by atoms with van der Waals surface area (Å²) in [5.74, 6) is -1.38. The lowest BCUT2D eigenvalue weighted by atomic mass is 10.1. The maximum atomic E-state index is 13.1. The molecule has 0 radical (unpaired) electrons. The van der Waals surface area contributed by atoms with E-state index in [4.69, 9.17) is 23.2 Å². The van der Waals surface area contributed by atoms with E-state index in [1.807, 2.05) is 0 Å². The van der Waals surface area contributed by atoms with Crippen molar-refractivity contribution in [2.24, 2.45) is 0 Å². The van der Waals surface area contributed by atoms with Crippen molar-refractivity contribution in [2.45, 2.75) is 31.5 Å². The predicted molar refractivity (Wildman–Crippen MR) is 133 cm³/mol. The molecule has 18 heteroatoms. The van der Waals surface area contributed by atoms with Crippen LogP contribution in [0.2, 0.25) is 10.0 Å². The lowest BCUT2D eigenvalue weighted by molar-refractivity contribution is -0.207. The summed E-state index contributed by atoms with van der Waals surface area (Å²) in [5, 5.41) is 19.9. The van der Waals surface area contributed by atoms with Crippen molar-refractivity contribution in [2.75, 3.05) is 6.54 Å². The molecule has 2 aromatic carbocycles. The van der Waals surface area contributed by atoms with Gasteiger partial charge in [0.2, 0.25) is 0 Å². The number of nitrogens with one attached hydrogen (secondary N) is 1. The SMILES string of the molecule is O=C(NCC(F)(F)F)c1cc(Cl)ccc1-n1cnc(Cn2nc(-c3ccc(Cl)cc3)n(CC(O)C(F)(F)F)c2=O)n1. The van der Waals surface area contributed by atoms with Crippen LogP contribution >= 0.6 is 23.2 Å². The van der Waals surface area contributed by atoms with Gasteiger partial charge in [-0.05, 0) is 42.5 Å². The van der Waals surface area contributed by atoms with E-state index in [2.05, 4.69) is 15.2 Å². The van der Waals surface area contributed by atoms with Gasteiger partial charge in [-0.1, -0.05) is 23.2 Å². The van der Waals surface area contributed by atoms with Crippen molar-refractivity contribution in [1.29, 1.82) is 0 Å². The van der Waals surface area contributed by atoms with E-state index in [0.29, 0.717) is 9.59 Å². The maximum Gasteiger partial charge on any atom is 0.416 e. The molecule has 41 heavy (non-hydrogen) atoms. The molecule has 4 rings (SSSR count). The number of rotatable bonds is 8. The summed E-state index contributed by atoms with van der Waals surface area (Å²) in [6, 6.07) is 9.50. The Kier molecular flexibility index (Phi) is 8.46. The molecule has 218 valence electrons. The second-order valence-corrected chi connectivity index (χ2v) is 9.38. The Labute approximate surface area is 235 Å². The van der Waals surface area contributed by atoms with Gasteiger partial charge in [-0.15, -0.1) is 10.2 Å². The molecule has 0 aliphatic carbocycles. The highest BCUT2D eigenvalue weighted by molar-refractivity contribution is 6.31. The molecule has 0 bridgehead atoms. The molecule has 0 spiro atoms. The molecule has 1 unspecified atom stereocenters. The molecule has 0 saturated heterocycles. The molecule has 10 nitrogen and oxygen atoms in total. The average molecular weight is 624 g/mol. The number of aromatic nitrogens is 6. The first-order valence-electron chi connectivity index (χ1n) is 11.4. The molecular formula is C23H17Cl2F6N7O3. The summed E-state index contributed by atoms with van der Waals surface area (Å²) in [5.41, 5.74) is -1.05. The first kappa shape index (κ1) is 30.1. The number of aliphatic hydroxyl groups is 1. The molecular weight excluding hydrogens is 607 g/mol. The summed E-state index contributed by atoms with van der Waals surface area (Å²) in [6.45, 7) is -3.20. The highest BCUT2D eigenvalue weighted by atomic mass is 35.5. The number of alkyl halides is 6. The van der Waals surface area contributed by atoms with E-state index >= 15 is 0 Å². The Morgan fingerprint density at radius 2 is 1.66 bits per heavy atom. The van der Waals surface area contributed by atoms with Gasteiger partial charge in [0.1, 0.15) is 19.4 Å². The highest BCUT2D eigenvalue weighted by Crippen LogP contribution is 2.24. The quantitative estimate of drug-likeness (QED) is 0.288. The first-order chi connectivity index (χ1) is 19.1. The van der Waals surface area contributed by atoms with Gasteiger partial charge >= 0.3 is 18.0 Å². The fraction of sp³-hybridized carbons (Fsp3) is 0.261. The standard InChI is InChI=1S/C23H17Cl2F6N7O3/c24-13-3-1-12(2-4-13)19-35-37(21(41)36(19)8-17(39)23(29,30)31)9-18-33-11-38(34-18)16-6-5-14(25)7-15(16)20(40)32-10-22(26,27)28/h1-7,11,17,39H,8-10H2,(H,32,40). The Morgan fingerprint density at radius 1 is 1.00 bits per heavy atom. The number of hydrogen-bond donors (Lipinski definition) is 2. The Bertz CT molecular complexity index is 1610. The molecule has 0 fully saturated rings. The van der Waals surface area contributed by atoms with Gasteiger partial charge in [0, 0.05) is 15.6 Å². The zero-order valence-corrected chi connectivity index (χ0v) is 21.8. The Balaban J connectivity index is 1.67. The van der Waals surface area contributed by atoms with Crippen LogP contribution in [0.5, 0.6) is 0 Å². The molecule has 4 aromatic rings. The van der Waals surface area contributed by atoms with E-state index in [9.17, 15) is 41.0 Å². The summed E-state index contributed by atoms with van der Waals surface area (Å²) in [6.07, 6.45) is -11.4. The molecule has 0 aliphatic rings. The smallest absolute Gasteiger partial charge is 0.382 e. The van der Waals surface area contributed by atoms with Gasteiger partial charge in [-0.2, -0.15) is 26.3 Å². The van der Waals surface area contributed by atoms with Crippen LogP contribution in [0.3, 0.4) is 0 Å². The van der Waals surface area contributed by atoms with Crippen LogP contribution in [0.1, 0.15) is 16.2 Å². The second-order valence-electron chi connectivity index (χ2n) is 8.50. The third kappa shape index (κ3) is 7.25. The Morgan fingerprint density at radius 3 is 2.29 bits per heavy atom. The molecule has 1 amide bonds. The van der Waals surface area contributed by atoms with Crippen molar-refractivity contribution in [3.8, 4) is 17.1 Å². The van der Waals surface area contributed by atoms with Gasteiger partial charge in [0.25, 0.3) is 5.91 Å². The van der Waals surface area contributed by atoms with Crippen molar-refractivity contribution >= 4 is 29.1 Å². The number of nitrogens with zero attached hydrogens (tertiary/aromatic N) is 6. The van der Waals surface area contributed by atoms with Gasteiger partial charge in [0.15, 0.2) is 17.8 Å². The third-order valence-corrected chi connectivity index (χ3v) is 5.98. The van der Waals surface area contributed by atoms with Crippen LogP contribution in [0.4, 0.5) is 26.3 Å².